The van der Waals surface area contributed by atoms with Gasteiger partial charge in [-0.1, -0.05) is 38.8 Å². The molecule has 29 heavy (non-hydrogen) atoms. The third kappa shape index (κ3) is 5.38. The van der Waals surface area contributed by atoms with Gasteiger partial charge in [-0.05, 0) is 31.6 Å². The lowest BCUT2D eigenvalue weighted by Gasteiger charge is -2.32. The highest BCUT2D eigenvalue weighted by atomic mass is 16.3. The molecule has 0 aromatic rings. The molecular formula is C22H37N3O4. The Morgan fingerprint density at radius 1 is 1.10 bits per heavy atom. The topological polar surface area (TPSA) is 98.7 Å². The summed E-state index contributed by atoms with van der Waals surface area (Å²) < 4.78 is 0. The number of nitrogens with one attached hydrogen (secondary N) is 2. The second-order valence-corrected chi connectivity index (χ2v) is 8.25. The minimum absolute atomic E-state index is 0.0530. The van der Waals surface area contributed by atoms with Crippen LogP contribution in [0.15, 0.2) is 12.2 Å². The average molecular weight is 408 g/mol. The second kappa shape index (κ2) is 11.3. The number of likely N-dealkylation sites (tertiary alicyclic amines) is 1. The summed E-state index contributed by atoms with van der Waals surface area (Å²) in [6.07, 6.45) is 9.20. The van der Waals surface area contributed by atoms with E-state index >= 15 is 0 Å². The molecule has 164 valence electrons. The zero-order valence-corrected chi connectivity index (χ0v) is 18.0. The SMILES string of the molecule is CCCCCNC(=O)[C@@H]1[C@H]2C=C[C@@H](C)[C@@H](C(=O)NC)[C@H]2C(=O)N1CCCCCO. The van der Waals surface area contributed by atoms with Crippen LogP contribution in [0.4, 0.5) is 0 Å². The van der Waals surface area contributed by atoms with E-state index in [2.05, 4.69) is 17.6 Å². The van der Waals surface area contributed by atoms with Crippen LogP contribution in [0.2, 0.25) is 0 Å². The number of hydrogen-bond donors (Lipinski definition) is 3. The molecule has 2 aliphatic rings. The van der Waals surface area contributed by atoms with Gasteiger partial charge < -0.3 is 20.6 Å². The summed E-state index contributed by atoms with van der Waals surface area (Å²) in [5.74, 6) is -1.67. The lowest BCUT2D eigenvalue weighted by atomic mass is 9.70. The van der Waals surface area contributed by atoms with Crippen LogP contribution in [-0.4, -0.2) is 60.5 Å². The zero-order valence-electron chi connectivity index (χ0n) is 18.0. The van der Waals surface area contributed by atoms with E-state index in [4.69, 9.17) is 5.11 Å². The van der Waals surface area contributed by atoms with Crippen LogP contribution in [0.1, 0.15) is 52.4 Å². The van der Waals surface area contributed by atoms with Gasteiger partial charge in [0, 0.05) is 32.7 Å². The van der Waals surface area contributed by atoms with Gasteiger partial charge >= 0.3 is 0 Å². The van der Waals surface area contributed by atoms with E-state index in [0.29, 0.717) is 19.5 Å². The molecule has 1 aliphatic heterocycles. The first-order valence-electron chi connectivity index (χ1n) is 11.1. The number of allylic oxidation sites excluding steroid dienone is 1. The van der Waals surface area contributed by atoms with Crippen molar-refractivity contribution in [3.8, 4) is 0 Å². The molecule has 3 amide bonds. The highest BCUT2D eigenvalue weighted by molar-refractivity contribution is 5.96. The minimum atomic E-state index is -0.570. The van der Waals surface area contributed by atoms with Crippen molar-refractivity contribution in [3.63, 3.8) is 0 Å². The normalized spacial score (nSPS) is 28.3. The molecule has 7 nitrogen and oxygen atoms in total. The number of amides is 3. The lowest BCUT2D eigenvalue weighted by molar-refractivity contribution is -0.140. The van der Waals surface area contributed by atoms with Crippen LogP contribution in [-0.2, 0) is 14.4 Å². The average Bonchev–Trinajstić information content (AvgIpc) is 3.00. The fourth-order valence-electron chi connectivity index (χ4n) is 4.66. The molecule has 0 aromatic carbocycles. The van der Waals surface area contributed by atoms with Crippen molar-refractivity contribution in [2.45, 2.75) is 58.4 Å². The van der Waals surface area contributed by atoms with Crippen molar-refractivity contribution < 1.29 is 19.5 Å². The van der Waals surface area contributed by atoms with Crippen molar-refractivity contribution in [2.75, 3.05) is 26.7 Å². The number of hydrogen-bond acceptors (Lipinski definition) is 4. The first-order chi connectivity index (χ1) is 14.0. The molecule has 1 fully saturated rings. The van der Waals surface area contributed by atoms with E-state index in [1.165, 1.54) is 0 Å². The van der Waals surface area contributed by atoms with Gasteiger partial charge in [-0.15, -0.1) is 0 Å². The molecule has 7 heteroatoms. The standard InChI is InChI=1S/C22H37N3O4/c1-4-5-7-12-24-21(28)19-16-11-10-15(2)17(20(27)23-3)18(16)22(29)25(19)13-8-6-9-14-26/h10-11,15-19,26H,4-9,12-14H2,1-3H3,(H,23,27)(H,24,28)/t15-,16+,17-,18+,19+/m1/s1. The van der Waals surface area contributed by atoms with Crippen molar-refractivity contribution in [1.82, 2.24) is 15.5 Å². The molecular weight excluding hydrogens is 370 g/mol. The number of aliphatic hydroxyl groups excluding tert-OH is 1. The Hall–Kier alpha value is -1.89. The number of fused-ring (bicyclic) bond motifs is 1. The van der Waals surface area contributed by atoms with Crippen molar-refractivity contribution in [2.24, 2.45) is 23.7 Å². The maximum atomic E-state index is 13.4. The molecule has 0 bridgehead atoms. The molecule has 0 spiro atoms. The van der Waals surface area contributed by atoms with Gasteiger partial charge in [-0.2, -0.15) is 0 Å². The number of rotatable bonds is 11. The summed E-state index contributed by atoms with van der Waals surface area (Å²) in [4.78, 5) is 40.6. The molecule has 0 aromatic heterocycles. The van der Waals surface area contributed by atoms with Gasteiger partial charge in [0.25, 0.3) is 0 Å². The van der Waals surface area contributed by atoms with Gasteiger partial charge in [0.15, 0.2) is 0 Å². The number of nitrogens with zero attached hydrogens (tertiary/aromatic N) is 1. The maximum Gasteiger partial charge on any atom is 0.243 e. The van der Waals surface area contributed by atoms with Crippen molar-refractivity contribution >= 4 is 17.7 Å². The number of carbonyl (C=O) groups excluding carboxylic acids is 3. The van der Waals surface area contributed by atoms with Crippen LogP contribution in [0.25, 0.3) is 0 Å². The van der Waals surface area contributed by atoms with Crippen molar-refractivity contribution in [3.05, 3.63) is 12.2 Å². The third-order valence-corrected chi connectivity index (χ3v) is 6.23. The Balaban J connectivity index is 2.23. The number of carbonyl (C=O) groups is 3. The van der Waals surface area contributed by atoms with Gasteiger partial charge in [0.2, 0.25) is 17.7 Å². The Morgan fingerprint density at radius 3 is 2.52 bits per heavy atom. The van der Waals surface area contributed by atoms with Crippen LogP contribution in [0, 0.1) is 23.7 Å². The Kier molecular flexibility index (Phi) is 9.14. The summed E-state index contributed by atoms with van der Waals surface area (Å²) in [6, 6.07) is -0.570. The van der Waals surface area contributed by atoms with Crippen LogP contribution in [0.3, 0.4) is 0 Å². The van der Waals surface area contributed by atoms with E-state index in [9.17, 15) is 14.4 Å². The van der Waals surface area contributed by atoms with Crippen LogP contribution >= 0.6 is 0 Å². The van der Waals surface area contributed by atoms with E-state index in [1.807, 2.05) is 19.1 Å². The summed E-state index contributed by atoms with van der Waals surface area (Å²) in [5.41, 5.74) is 0. The summed E-state index contributed by atoms with van der Waals surface area (Å²) in [7, 11) is 1.59. The predicted octanol–water partition coefficient (Wildman–Crippen LogP) is 1.47. The monoisotopic (exact) mass is 407 g/mol. The van der Waals surface area contributed by atoms with Gasteiger partial charge in [-0.25, -0.2) is 0 Å². The Morgan fingerprint density at radius 2 is 1.86 bits per heavy atom. The highest BCUT2D eigenvalue weighted by Crippen LogP contribution is 2.43. The third-order valence-electron chi connectivity index (χ3n) is 6.23. The quantitative estimate of drug-likeness (QED) is 0.357. The molecule has 1 heterocycles. The summed E-state index contributed by atoms with van der Waals surface area (Å²) >= 11 is 0. The van der Waals surface area contributed by atoms with Gasteiger partial charge in [-0.3, -0.25) is 14.4 Å². The second-order valence-electron chi connectivity index (χ2n) is 8.25. The zero-order chi connectivity index (χ0) is 21.4. The molecule has 2 rings (SSSR count). The largest absolute Gasteiger partial charge is 0.396 e. The summed E-state index contributed by atoms with van der Waals surface area (Å²) in [5, 5.41) is 14.7. The Bertz CT molecular complexity index is 607. The van der Waals surface area contributed by atoms with Crippen LogP contribution in [0.5, 0.6) is 0 Å². The van der Waals surface area contributed by atoms with Crippen molar-refractivity contribution in [1.29, 1.82) is 0 Å². The molecule has 1 saturated heterocycles. The highest BCUT2D eigenvalue weighted by Gasteiger charge is 2.56. The first-order valence-corrected chi connectivity index (χ1v) is 11.1. The fraction of sp³-hybridized carbons (Fsp3) is 0.773. The Labute approximate surface area is 174 Å². The molecule has 0 saturated carbocycles. The lowest BCUT2D eigenvalue weighted by Crippen LogP contribution is -2.47. The molecule has 0 radical (unpaired) electrons. The van der Waals surface area contributed by atoms with E-state index in [1.54, 1.807) is 11.9 Å². The van der Waals surface area contributed by atoms with Gasteiger partial charge in [0.1, 0.15) is 6.04 Å². The number of aliphatic hydroxyl groups is 1. The number of unbranched alkanes of at least 4 members (excludes halogenated alkanes) is 4. The minimum Gasteiger partial charge on any atom is -0.396 e. The maximum absolute atomic E-state index is 13.4. The fourth-order valence-corrected chi connectivity index (χ4v) is 4.66. The van der Waals surface area contributed by atoms with Gasteiger partial charge in [0.05, 0.1) is 11.8 Å². The van der Waals surface area contributed by atoms with E-state index < -0.39 is 17.9 Å². The first kappa shape index (κ1) is 23.4. The molecule has 5 atom stereocenters. The summed E-state index contributed by atoms with van der Waals surface area (Å²) in [6.45, 7) is 5.26. The molecule has 3 N–H and O–H groups in total. The predicted molar refractivity (Wildman–Crippen MR) is 112 cm³/mol. The van der Waals surface area contributed by atoms with E-state index in [-0.39, 0.29) is 36.2 Å². The molecule has 0 unspecified atom stereocenters. The van der Waals surface area contributed by atoms with Crippen LogP contribution < -0.4 is 10.6 Å². The molecule has 1 aliphatic carbocycles. The smallest absolute Gasteiger partial charge is 0.243 e. The van der Waals surface area contributed by atoms with E-state index in [0.717, 1.165) is 32.1 Å².